The molecular weight excluding hydrogens is 202 g/mol. The van der Waals surface area contributed by atoms with Gasteiger partial charge in [0.1, 0.15) is 5.82 Å². The van der Waals surface area contributed by atoms with Crippen molar-refractivity contribution in [2.75, 3.05) is 18.4 Å². The molecule has 2 heterocycles. The number of nitrogens with one attached hydrogen (secondary N) is 1. The summed E-state index contributed by atoms with van der Waals surface area (Å²) in [4.78, 5) is 14.5. The number of aryl methyl sites for hydroxylation is 2. The van der Waals surface area contributed by atoms with Gasteiger partial charge in [0.15, 0.2) is 0 Å². The first-order valence-electron chi connectivity index (χ1n) is 5.92. The van der Waals surface area contributed by atoms with Crippen LogP contribution in [0.1, 0.15) is 30.5 Å². The molecule has 0 unspecified atom stereocenters. The van der Waals surface area contributed by atoms with Gasteiger partial charge in [-0.2, -0.15) is 4.91 Å². The molecule has 16 heavy (non-hydrogen) atoms. The Morgan fingerprint density at radius 1 is 1.38 bits per heavy atom. The second kappa shape index (κ2) is 5.58. The first kappa shape index (κ1) is 11.0. The van der Waals surface area contributed by atoms with Gasteiger partial charge in [0.25, 0.3) is 0 Å². The zero-order valence-corrected chi connectivity index (χ0v) is 9.41. The number of unbranched alkanes of at least 4 members (excludes halogenated alkanes) is 1. The lowest BCUT2D eigenvalue weighted by atomic mass is 10.1. The number of aromatic nitrogens is 1. The molecule has 0 aromatic carbocycles. The van der Waals surface area contributed by atoms with Crippen LogP contribution in [0.3, 0.4) is 0 Å². The lowest BCUT2D eigenvalue weighted by Crippen LogP contribution is -2.14. The Bertz CT molecular complexity index is 365. The number of hydrogen-bond acceptors (Lipinski definition) is 4. The van der Waals surface area contributed by atoms with Crippen molar-refractivity contribution in [2.24, 2.45) is 5.18 Å². The Balaban J connectivity index is 1.92. The Kier molecular flexibility index (Phi) is 3.86. The minimum atomic E-state index is 0.420. The zero-order valence-electron chi connectivity index (χ0n) is 9.41. The number of pyridine rings is 1. The Hall–Kier alpha value is -1.45. The molecule has 0 aliphatic carbocycles. The maximum atomic E-state index is 9.93. The summed E-state index contributed by atoms with van der Waals surface area (Å²) < 4.78 is 0. The van der Waals surface area contributed by atoms with E-state index in [1.54, 1.807) is 0 Å². The predicted molar refractivity (Wildman–Crippen MR) is 64.6 cm³/mol. The Morgan fingerprint density at radius 3 is 3.19 bits per heavy atom. The van der Waals surface area contributed by atoms with Crippen molar-refractivity contribution in [1.29, 1.82) is 0 Å². The number of fused-ring (bicyclic) bond motifs is 1. The Morgan fingerprint density at radius 2 is 2.31 bits per heavy atom. The molecule has 0 spiro atoms. The van der Waals surface area contributed by atoms with E-state index in [0.717, 1.165) is 43.7 Å². The Labute approximate surface area is 95.4 Å². The van der Waals surface area contributed by atoms with Gasteiger partial charge in [-0.15, -0.1) is 0 Å². The van der Waals surface area contributed by atoms with Crippen LogP contribution in [-0.4, -0.2) is 18.1 Å². The van der Waals surface area contributed by atoms with Gasteiger partial charge in [-0.1, -0.05) is 11.2 Å². The predicted octanol–water partition coefficient (Wildman–Crippen LogP) is 2.53. The minimum absolute atomic E-state index is 0.420. The fraction of sp³-hybridized carbons (Fsp3) is 0.583. The molecule has 4 nitrogen and oxygen atoms in total. The van der Waals surface area contributed by atoms with Gasteiger partial charge >= 0.3 is 0 Å². The van der Waals surface area contributed by atoms with Crippen LogP contribution in [-0.2, 0) is 12.8 Å². The third-order valence-electron chi connectivity index (χ3n) is 2.88. The van der Waals surface area contributed by atoms with Crippen LogP contribution in [0.4, 0.5) is 5.82 Å². The molecular formula is C12H17N3O. The van der Waals surface area contributed by atoms with Gasteiger partial charge in [-0.05, 0) is 43.7 Å². The summed E-state index contributed by atoms with van der Waals surface area (Å²) in [6.45, 7) is 1.45. The average molecular weight is 219 g/mol. The molecule has 1 aliphatic heterocycles. The minimum Gasteiger partial charge on any atom is -0.370 e. The third-order valence-corrected chi connectivity index (χ3v) is 2.88. The molecule has 0 bridgehead atoms. The van der Waals surface area contributed by atoms with Crippen LogP contribution in [0.15, 0.2) is 17.3 Å². The summed E-state index contributed by atoms with van der Waals surface area (Å²) in [6, 6.07) is 4.27. The quantitative estimate of drug-likeness (QED) is 0.611. The number of rotatable bonds is 5. The normalized spacial score (nSPS) is 14.0. The highest BCUT2D eigenvalue weighted by Gasteiger charge is 2.09. The monoisotopic (exact) mass is 219 g/mol. The van der Waals surface area contributed by atoms with E-state index in [9.17, 15) is 4.91 Å². The largest absolute Gasteiger partial charge is 0.370 e. The molecule has 0 atom stereocenters. The van der Waals surface area contributed by atoms with Gasteiger partial charge in [-0.25, -0.2) is 4.98 Å². The number of nitrogens with zero attached hydrogens (tertiary/aromatic N) is 2. The maximum absolute atomic E-state index is 9.93. The molecule has 1 aromatic heterocycles. The molecule has 1 aromatic rings. The highest BCUT2D eigenvalue weighted by molar-refractivity contribution is 5.46. The topological polar surface area (TPSA) is 54.4 Å². The zero-order chi connectivity index (χ0) is 11.2. The number of nitroso groups, excluding NO2 is 1. The first-order chi connectivity index (χ1) is 7.90. The fourth-order valence-electron chi connectivity index (χ4n) is 1.99. The van der Waals surface area contributed by atoms with Crippen LogP contribution >= 0.6 is 0 Å². The number of hydrogen-bond donors (Lipinski definition) is 1. The summed E-state index contributed by atoms with van der Waals surface area (Å²) in [5, 5.41) is 6.18. The van der Waals surface area contributed by atoms with E-state index in [1.165, 1.54) is 12.0 Å². The van der Waals surface area contributed by atoms with Crippen molar-refractivity contribution >= 4 is 5.82 Å². The van der Waals surface area contributed by atoms with E-state index < -0.39 is 0 Å². The molecule has 86 valence electrons. The smallest absolute Gasteiger partial charge is 0.129 e. The van der Waals surface area contributed by atoms with Crippen LogP contribution in [0, 0.1) is 4.91 Å². The molecule has 0 fully saturated rings. The van der Waals surface area contributed by atoms with Crippen LogP contribution in [0.2, 0.25) is 0 Å². The van der Waals surface area contributed by atoms with E-state index in [0.29, 0.717) is 6.54 Å². The lowest BCUT2D eigenvalue weighted by Gasteiger charge is -2.17. The van der Waals surface area contributed by atoms with E-state index in [4.69, 9.17) is 0 Å². The van der Waals surface area contributed by atoms with E-state index in [1.807, 2.05) is 0 Å². The third kappa shape index (κ3) is 2.78. The van der Waals surface area contributed by atoms with Gasteiger partial charge in [0.2, 0.25) is 0 Å². The van der Waals surface area contributed by atoms with Crippen molar-refractivity contribution in [3.05, 3.63) is 28.3 Å². The average Bonchev–Trinajstić information content (AvgIpc) is 2.34. The second-order valence-corrected chi connectivity index (χ2v) is 4.15. The number of anilines is 1. The summed E-state index contributed by atoms with van der Waals surface area (Å²) in [7, 11) is 0. The summed E-state index contributed by atoms with van der Waals surface area (Å²) in [6.07, 6.45) is 5.10. The van der Waals surface area contributed by atoms with Gasteiger partial charge < -0.3 is 5.32 Å². The van der Waals surface area contributed by atoms with Crippen molar-refractivity contribution in [1.82, 2.24) is 4.98 Å². The van der Waals surface area contributed by atoms with Crippen molar-refractivity contribution < 1.29 is 0 Å². The fourth-order valence-corrected chi connectivity index (χ4v) is 1.99. The summed E-state index contributed by atoms with van der Waals surface area (Å²) in [5.74, 6) is 1.05. The SMILES string of the molecule is O=NCCCCc1ccc2c(n1)NCCC2. The van der Waals surface area contributed by atoms with E-state index >= 15 is 0 Å². The van der Waals surface area contributed by atoms with E-state index in [-0.39, 0.29) is 0 Å². The molecule has 1 aliphatic rings. The van der Waals surface area contributed by atoms with Gasteiger partial charge in [-0.3, -0.25) is 0 Å². The highest BCUT2D eigenvalue weighted by atomic mass is 16.3. The molecule has 0 amide bonds. The van der Waals surface area contributed by atoms with Crippen molar-refractivity contribution in [2.45, 2.75) is 32.1 Å². The lowest BCUT2D eigenvalue weighted by molar-refractivity contribution is 0.727. The van der Waals surface area contributed by atoms with E-state index in [2.05, 4.69) is 27.6 Å². The van der Waals surface area contributed by atoms with Crippen LogP contribution in [0.5, 0.6) is 0 Å². The maximum Gasteiger partial charge on any atom is 0.129 e. The highest BCUT2D eigenvalue weighted by Crippen LogP contribution is 2.20. The summed E-state index contributed by atoms with van der Waals surface area (Å²) in [5.41, 5.74) is 2.43. The standard InChI is InChI=1S/C12H17N3O/c16-14-9-2-1-5-11-7-6-10-4-3-8-13-12(10)15-11/h6-7H,1-5,8-9H2,(H,13,15). The molecule has 4 heteroatoms. The van der Waals surface area contributed by atoms with Gasteiger partial charge in [0.05, 0.1) is 6.54 Å². The molecule has 0 saturated heterocycles. The van der Waals surface area contributed by atoms with Crippen LogP contribution in [0.25, 0.3) is 0 Å². The summed E-state index contributed by atoms with van der Waals surface area (Å²) >= 11 is 0. The van der Waals surface area contributed by atoms with Crippen molar-refractivity contribution in [3.8, 4) is 0 Å². The van der Waals surface area contributed by atoms with Gasteiger partial charge in [0, 0.05) is 12.2 Å². The molecule has 2 rings (SSSR count). The van der Waals surface area contributed by atoms with Crippen molar-refractivity contribution in [3.63, 3.8) is 0 Å². The molecule has 0 radical (unpaired) electrons. The molecule has 1 N–H and O–H groups in total. The molecule has 0 saturated carbocycles. The van der Waals surface area contributed by atoms with Crippen LogP contribution < -0.4 is 5.32 Å². The first-order valence-corrected chi connectivity index (χ1v) is 5.92. The second-order valence-electron chi connectivity index (χ2n) is 4.15.